The second-order valence-corrected chi connectivity index (χ2v) is 15.4. The molecule has 2 aromatic carbocycles. The Morgan fingerprint density at radius 2 is 0.923 bits per heavy atom. The maximum Gasteiger partial charge on any atom is 0.214 e. The lowest BCUT2D eigenvalue weighted by molar-refractivity contribution is -0.265. The van der Waals surface area contributed by atoms with Crippen LogP contribution >= 0.6 is 0 Å². The van der Waals surface area contributed by atoms with Crippen LogP contribution in [0.3, 0.4) is 0 Å². The predicted molar refractivity (Wildman–Crippen MR) is 214 cm³/mol. The van der Waals surface area contributed by atoms with E-state index in [2.05, 4.69) is 0 Å². The number of benzene rings is 2. The first-order chi connectivity index (χ1) is 30.5. The zero-order chi connectivity index (χ0) is 48.0. The smallest absolute Gasteiger partial charge is 0.214 e. The summed E-state index contributed by atoms with van der Waals surface area (Å²) in [4.78, 5) is 70.9. The van der Waals surface area contributed by atoms with Gasteiger partial charge in [-0.3, -0.25) is 24.0 Å². The molecule has 2 unspecified atom stereocenters. The topological polar surface area (TPSA) is 407 Å². The van der Waals surface area contributed by atoms with E-state index in [0.717, 1.165) is 12.2 Å². The van der Waals surface area contributed by atoms with Gasteiger partial charge in [-0.15, -0.1) is 0 Å². The molecule has 0 spiro atoms. The van der Waals surface area contributed by atoms with Crippen molar-refractivity contribution in [3.8, 4) is 11.5 Å². The van der Waals surface area contributed by atoms with E-state index in [1.54, 1.807) is 0 Å². The number of phenols is 2. The number of aliphatic hydroxyl groups is 13. The zero-order valence-corrected chi connectivity index (χ0v) is 33.3. The highest BCUT2D eigenvalue weighted by Gasteiger charge is 2.64. The van der Waals surface area contributed by atoms with Crippen molar-refractivity contribution < 1.29 is 110 Å². The molecule has 2 aliphatic carbocycles. The van der Waals surface area contributed by atoms with Crippen LogP contribution in [0.4, 0.5) is 0 Å². The first-order valence-corrected chi connectivity index (χ1v) is 19.3. The van der Waals surface area contributed by atoms with Gasteiger partial charge in [-0.2, -0.15) is 0 Å². The lowest BCUT2D eigenvalue weighted by Gasteiger charge is -2.47. The van der Waals surface area contributed by atoms with Crippen LogP contribution in [0, 0.1) is 0 Å². The molecule has 346 valence electrons. The average molecular weight is 911 g/mol. The molecule has 15 N–H and O–H groups in total. The number of hydrogen-bond acceptors (Lipinski definition) is 22. The van der Waals surface area contributed by atoms with Gasteiger partial charge in [0, 0.05) is 0 Å². The van der Waals surface area contributed by atoms with Crippen LogP contribution in [0.25, 0.3) is 12.2 Å². The van der Waals surface area contributed by atoms with Crippen LogP contribution in [-0.2, 0) is 33.4 Å². The fourth-order valence-corrected chi connectivity index (χ4v) is 7.68. The molecule has 4 aliphatic rings. The Kier molecular flexibility index (Phi) is 13.6. The van der Waals surface area contributed by atoms with Crippen LogP contribution in [-0.4, -0.2) is 191 Å². The Morgan fingerprint density at radius 1 is 0.538 bits per heavy atom. The standard InChI is InChI=1S/C43H42O22/c44-14-24-30(52)32(54)34(56)40(64-24)42(62)36(58)20(28(50)26(38(42)60)22(48)11-5-16-1-7-18(46)8-2-16)13-21-29(51)27(23(49)12-6-17-3-9-19(47)10-4-17)39(61)43(63,37(21)59)41-35(57)33(55)31(53)25(15-45)65-41/h1-13,24-25,30-35,40-41,44-47,52-58,60-63H,14-15H2/t24-,25-,30-,31-,32+,33+,34-,35-,40-,41-,42?,43?/m1/s1. The van der Waals surface area contributed by atoms with Gasteiger partial charge in [-0.1, -0.05) is 36.4 Å². The van der Waals surface area contributed by atoms with E-state index in [0.29, 0.717) is 12.2 Å². The van der Waals surface area contributed by atoms with E-state index >= 15 is 0 Å². The monoisotopic (exact) mass is 910 g/mol. The van der Waals surface area contributed by atoms with Crippen molar-refractivity contribution in [2.75, 3.05) is 13.2 Å². The molecule has 0 saturated carbocycles. The minimum atomic E-state index is -3.89. The molecule has 2 aromatic rings. The maximum absolute atomic E-state index is 14.5. The number of carbonyl (C=O) groups is 5. The highest BCUT2D eigenvalue weighted by Crippen LogP contribution is 2.45. The van der Waals surface area contributed by atoms with Crippen LogP contribution < -0.4 is 0 Å². The second kappa shape index (κ2) is 18.3. The normalized spacial score (nSPS) is 34.4. The molecule has 12 atom stereocenters. The molecule has 2 fully saturated rings. The van der Waals surface area contributed by atoms with E-state index in [1.165, 1.54) is 48.5 Å². The molecule has 22 nitrogen and oxygen atoms in total. The van der Waals surface area contributed by atoms with Gasteiger partial charge < -0.3 is 86.1 Å². The molecule has 6 rings (SSSR count). The number of Topliss-reactive ketones (excluding diaryl/α,β-unsaturated/α-hetero) is 3. The number of allylic oxidation sites excluding steroid dienone is 6. The number of rotatable bonds is 11. The number of ketones is 5. The maximum atomic E-state index is 14.5. The molecule has 2 heterocycles. The third-order valence-electron chi connectivity index (χ3n) is 11.4. The van der Waals surface area contributed by atoms with E-state index in [9.17, 15) is 101 Å². The second-order valence-electron chi connectivity index (χ2n) is 15.4. The molecule has 2 aliphatic heterocycles. The first kappa shape index (κ1) is 48.2. The summed E-state index contributed by atoms with van der Waals surface area (Å²) in [5.74, 6) is -14.7. The van der Waals surface area contributed by atoms with Crippen molar-refractivity contribution >= 4 is 41.1 Å². The van der Waals surface area contributed by atoms with Crippen LogP contribution in [0.15, 0.2) is 106 Å². The largest absolute Gasteiger partial charge is 0.508 e. The van der Waals surface area contributed by atoms with Gasteiger partial charge >= 0.3 is 0 Å². The minimum Gasteiger partial charge on any atom is -0.508 e. The van der Waals surface area contributed by atoms with Gasteiger partial charge in [0.15, 0.2) is 11.6 Å². The quantitative estimate of drug-likeness (QED) is 0.0759. The van der Waals surface area contributed by atoms with E-state index in [1.807, 2.05) is 0 Å². The van der Waals surface area contributed by atoms with Crippen molar-refractivity contribution in [3.05, 3.63) is 117 Å². The fourth-order valence-electron chi connectivity index (χ4n) is 7.68. The number of phenolic OH excluding ortho intramolecular Hbond substituents is 2. The lowest BCUT2D eigenvalue weighted by atomic mass is 9.70. The molecular formula is C43H42O22. The van der Waals surface area contributed by atoms with Crippen molar-refractivity contribution in [2.24, 2.45) is 0 Å². The Hall–Kier alpha value is -6.25. The van der Waals surface area contributed by atoms with Gasteiger partial charge in [0.05, 0.1) is 24.4 Å². The van der Waals surface area contributed by atoms with Crippen LogP contribution in [0.5, 0.6) is 11.5 Å². The highest BCUT2D eigenvalue weighted by atomic mass is 16.6. The van der Waals surface area contributed by atoms with Crippen LogP contribution in [0.2, 0.25) is 0 Å². The molecule has 0 radical (unpaired) electrons. The predicted octanol–water partition coefficient (Wildman–Crippen LogP) is -3.79. The molecule has 0 aromatic heterocycles. The van der Waals surface area contributed by atoms with Crippen molar-refractivity contribution in [2.45, 2.75) is 72.2 Å². The van der Waals surface area contributed by atoms with Crippen LogP contribution in [0.1, 0.15) is 11.1 Å². The summed E-state index contributed by atoms with van der Waals surface area (Å²) in [7, 11) is 0. The third-order valence-corrected chi connectivity index (χ3v) is 11.4. The molecular weight excluding hydrogens is 868 g/mol. The third kappa shape index (κ3) is 8.22. The zero-order valence-electron chi connectivity index (χ0n) is 33.3. The summed E-state index contributed by atoms with van der Waals surface area (Å²) in [6.07, 6.45) is -19.9. The van der Waals surface area contributed by atoms with E-state index in [-0.39, 0.29) is 28.7 Å². The molecule has 22 heteroatoms. The van der Waals surface area contributed by atoms with E-state index < -0.39 is 154 Å². The van der Waals surface area contributed by atoms with Crippen molar-refractivity contribution in [1.82, 2.24) is 0 Å². The summed E-state index contributed by atoms with van der Waals surface area (Å²) in [6.45, 7) is -2.32. The first-order valence-electron chi connectivity index (χ1n) is 19.3. The van der Waals surface area contributed by atoms with Gasteiger partial charge in [0.25, 0.3) is 0 Å². The average Bonchev–Trinajstić information content (AvgIpc) is 3.28. The number of aliphatic hydroxyl groups excluding tert-OH is 11. The Morgan fingerprint density at radius 3 is 1.34 bits per heavy atom. The van der Waals surface area contributed by atoms with Gasteiger partial charge in [0.2, 0.25) is 28.6 Å². The summed E-state index contributed by atoms with van der Waals surface area (Å²) in [5, 5.41) is 162. The molecule has 0 amide bonds. The van der Waals surface area contributed by atoms with Crippen molar-refractivity contribution in [3.63, 3.8) is 0 Å². The minimum absolute atomic E-state index is 0.0686. The summed E-state index contributed by atoms with van der Waals surface area (Å²) in [5.41, 5.74) is -13.4. The van der Waals surface area contributed by atoms with Gasteiger partial charge in [-0.05, 0) is 53.6 Å². The number of ether oxygens (including phenoxy) is 2. The Labute approximate surface area is 365 Å². The number of hydrogen-bond donors (Lipinski definition) is 15. The van der Waals surface area contributed by atoms with Crippen molar-refractivity contribution in [1.29, 1.82) is 0 Å². The summed E-state index contributed by atoms with van der Waals surface area (Å²) in [6, 6.07) is 9.97. The summed E-state index contributed by atoms with van der Waals surface area (Å²) >= 11 is 0. The lowest BCUT2D eigenvalue weighted by Crippen LogP contribution is -2.69. The molecule has 2 saturated heterocycles. The number of carbonyl (C=O) groups excluding carboxylic acids is 5. The Balaban J connectivity index is 1.59. The van der Waals surface area contributed by atoms with E-state index in [4.69, 9.17) is 9.47 Å². The van der Waals surface area contributed by atoms with Gasteiger partial charge in [0.1, 0.15) is 101 Å². The number of aromatic hydroxyl groups is 2. The Bertz CT molecular complexity index is 2460. The summed E-state index contributed by atoms with van der Waals surface area (Å²) < 4.78 is 10.7. The molecule has 0 bridgehead atoms. The fraction of sp³-hybridized carbons (Fsp3) is 0.326. The highest BCUT2D eigenvalue weighted by molar-refractivity contribution is 6.42. The van der Waals surface area contributed by atoms with Gasteiger partial charge in [-0.25, -0.2) is 0 Å². The SMILES string of the molecule is O=C(C=Cc1ccc(O)cc1)C1=C(O)C(O)([C@@H]2O[C@H](CO)[C@@H](O)[C@H](O)[C@H]2O)C(=O)C(=CC2=C(O)C(O)([C@@H]3O[C@H](CO)[C@@H](O)[C@H](O)[C@H]3O)C(O)=C(C(=O)C=Cc3ccc(O)cc3)C2=O)C1=O. The molecule has 65 heavy (non-hydrogen) atoms.